The highest BCUT2D eigenvalue weighted by Crippen LogP contribution is 2.25. The summed E-state index contributed by atoms with van der Waals surface area (Å²) < 4.78 is 14.0. The largest absolute Gasteiger partial charge is 0.288 e. The Morgan fingerprint density at radius 1 is 0.857 bits per heavy atom. The fraction of sp³-hybridized carbons (Fsp3) is 0.105. The van der Waals surface area contributed by atoms with Gasteiger partial charge >= 0.3 is 0 Å². The minimum absolute atomic E-state index is 0.129. The van der Waals surface area contributed by atoms with Crippen LogP contribution in [-0.2, 0) is 0 Å². The molecule has 0 aliphatic rings. The number of hydrogen-bond donors (Lipinski definition) is 0. The summed E-state index contributed by atoms with van der Waals surface area (Å²) in [6.07, 6.45) is 0. The minimum Gasteiger partial charge on any atom is -0.288 e. The highest BCUT2D eigenvalue weighted by Gasteiger charge is 2.17. The molecule has 0 aromatic heterocycles. The van der Waals surface area contributed by atoms with Crippen molar-refractivity contribution in [2.75, 3.05) is 0 Å². The summed E-state index contributed by atoms with van der Waals surface area (Å²) in [7, 11) is 0. The molecule has 3 rings (SSSR count). The first kappa shape index (κ1) is 13.5. The van der Waals surface area contributed by atoms with Gasteiger partial charge in [0.25, 0.3) is 0 Å². The molecular formula is C19H15FO. The number of carbonyl (C=O) groups excluding carboxylic acids is 1. The Morgan fingerprint density at radius 2 is 1.57 bits per heavy atom. The van der Waals surface area contributed by atoms with E-state index in [0.717, 1.165) is 21.9 Å². The predicted octanol–water partition coefficient (Wildman–Crippen LogP) is 4.83. The van der Waals surface area contributed by atoms with E-state index in [1.165, 1.54) is 6.07 Å². The van der Waals surface area contributed by atoms with Crippen molar-refractivity contribution in [3.63, 3.8) is 0 Å². The van der Waals surface area contributed by atoms with Crippen LogP contribution in [-0.4, -0.2) is 5.78 Å². The molecule has 0 N–H and O–H groups in total. The SMILES string of the molecule is Cc1ccc(F)c(C(=O)c2ccc(C)c3ccccc23)c1. The van der Waals surface area contributed by atoms with Gasteiger partial charge in [-0.1, -0.05) is 48.0 Å². The summed E-state index contributed by atoms with van der Waals surface area (Å²) in [5.74, 6) is -0.748. The molecular weight excluding hydrogens is 263 g/mol. The lowest BCUT2D eigenvalue weighted by Gasteiger charge is -2.09. The number of fused-ring (bicyclic) bond motifs is 1. The van der Waals surface area contributed by atoms with Crippen LogP contribution in [0.15, 0.2) is 54.6 Å². The molecule has 0 heterocycles. The molecule has 21 heavy (non-hydrogen) atoms. The van der Waals surface area contributed by atoms with Gasteiger partial charge in [0.2, 0.25) is 0 Å². The minimum atomic E-state index is -0.477. The van der Waals surface area contributed by atoms with Gasteiger partial charge in [-0.3, -0.25) is 4.79 Å². The molecule has 0 atom stereocenters. The fourth-order valence-electron chi connectivity index (χ4n) is 2.61. The number of ketones is 1. The van der Waals surface area contributed by atoms with Crippen molar-refractivity contribution in [1.29, 1.82) is 0 Å². The lowest BCUT2D eigenvalue weighted by molar-refractivity contribution is 0.103. The normalized spacial score (nSPS) is 10.8. The fourth-order valence-corrected chi connectivity index (χ4v) is 2.61. The van der Waals surface area contributed by atoms with E-state index < -0.39 is 5.82 Å². The van der Waals surface area contributed by atoms with E-state index >= 15 is 0 Å². The van der Waals surface area contributed by atoms with E-state index in [0.29, 0.717) is 5.56 Å². The summed E-state index contributed by atoms with van der Waals surface area (Å²) in [5, 5.41) is 1.89. The van der Waals surface area contributed by atoms with Gasteiger partial charge in [0.1, 0.15) is 5.82 Å². The Bertz CT molecular complexity index is 849. The van der Waals surface area contributed by atoms with Gasteiger partial charge in [0.05, 0.1) is 5.56 Å². The first-order valence-electron chi connectivity index (χ1n) is 6.87. The van der Waals surface area contributed by atoms with Crippen molar-refractivity contribution in [1.82, 2.24) is 0 Å². The van der Waals surface area contributed by atoms with Gasteiger partial charge in [-0.15, -0.1) is 0 Å². The Balaban J connectivity index is 2.23. The van der Waals surface area contributed by atoms with Crippen LogP contribution in [0.5, 0.6) is 0 Å². The molecule has 0 saturated heterocycles. The van der Waals surface area contributed by atoms with Crippen LogP contribution < -0.4 is 0 Å². The van der Waals surface area contributed by atoms with Gasteiger partial charge in [0.15, 0.2) is 5.78 Å². The molecule has 0 aliphatic carbocycles. The average Bonchev–Trinajstić information content (AvgIpc) is 2.50. The highest BCUT2D eigenvalue weighted by molar-refractivity contribution is 6.16. The zero-order chi connectivity index (χ0) is 15.0. The van der Waals surface area contributed by atoms with Crippen LogP contribution in [0.2, 0.25) is 0 Å². The monoisotopic (exact) mass is 278 g/mol. The average molecular weight is 278 g/mol. The van der Waals surface area contributed by atoms with E-state index in [4.69, 9.17) is 0 Å². The van der Waals surface area contributed by atoms with E-state index in [9.17, 15) is 9.18 Å². The van der Waals surface area contributed by atoms with Crippen molar-refractivity contribution >= 4 is 16.6 Å². The Morgan fingerprint density at radius 3 is 2.33 bits per heavy atom. The topological polar surface area (TPSA) is 17.1 Å². The van der Waals surface area contributed by atoms with Crippen molar-refractivity contribution in [2.24, 2.45) is 0 Å². The second-order valence-corrected chi connectivity index (χ2v) is 5.29. The molecule has 104 valence electrons. The third-order valence-electron chi connectivity index (χ3n) is 3.75. The second kappa shape index (κ2) is 5.13. The molecule has 1 nitrogen and oxygen atoms in total. The third kappa shape index (κ3) is 2.33. The first-order chi connectivity index (χ1) is 10.1. The van der Waals surface area contributed by atoms with Gasteiger partial charge in [0, 0.05) is 5.56 Å². The van der Waals surface area contributed by atoms with Gasteiger partial charge in [-0.2, -0.15) is 0 Å². The molecule has 0 bridgehead atoms. The Hall–Kier alpha value is -2.48. The first-order valence-corrected chi connectivity index (χ1v) is 6.87. The van der Waals surface area contributed by atoms with Crippen LogP contribution in [0.25, 0.3) is 10.8 Å². The van der Waals surface area contributed by atoms with Crippen molar-refractivity contribution in [3.8, 4) is 0 Å². The second-order valence-electron chi connectivity index (χ2n) is 5.29. The zero-order valence-corrected chi connectivity index (χ0v) is 12.0. The zero-order valence-electron chi connectivity index (χ0n) is 12.0. The molecule has 3 aromatic rings. The molecule has 0 saturated carbocycles. The lowest BCUT2D eigenvalue weighted by atomic mass is 9.94. The Labute approximate surface area is 123 Å². The summed E-state index contributed by atoms with van der Waals surface area (Å²) in [4.78, 5) is 12.7. The van der Waals surface area contributed by atoms with Crippen molar-refractivity contribution in [3.05, 3.63) is 82.7 Å². The molecule has 0 fully saturated rings. The maximum atomic E-state index is 14.0. The maximum absolute atomic E-state index is 14.0. The van der Waals surface area contributed by atoms with Crippen LogP contribution >= 0.6 is 0 Å². The molecule has 0 amide bonds. The predicted molar refractivity (Wildman–Crippen MR) is 83.3 cm³/mol. The summed E-state index contributed by atoms with van der Waals surface area (Å²) in [6.45, 7) is 3.85. The number of carbonyl (C=O) groups is 1. The highest BCUT2D eigenvalue weighted by atomic mass is 19.1. The molecule has 2 heteroatoms. The summed E-state index contributed by atoms with van der Waals surface area (Å²) in [6, 6.07) is 16.0. The van der Waals surface area contributed by atoms with Crippen molar-refractivity contribution in [2.45, 2.75) is 13.8 Å². The van der Waals surface area contributed by atoms with Crippen LogP contribution in [0, 0.1) is 19.7 Å². The number of hydrogen-bond acceptors (Lipinski definition) is 1. The number of benzene rings is 3. The van der Waals surface area contributed by atoms with Crippen LogP contribution in [0.3, 0.4) is 0 Å². The number of halogens is 1. The summed E-state index contributed by atoms with van der Waals surface area (Å²) >= 11 is 0. The smallest absolute Gasteiger partial charge is 0.196 e. The van der Waals surface area contributed by atoms with Crippen LogP contribution in [0.1, 0.15) is 27.0 Å². The molecule has 3 aromatic carbocycles. The van der Waals surface area contributed by atoms with E-state index in [-0.39, 0.29) is 11.3 Å². The van der Waals surface area contributed by atoms with E-state index in [1.807, 2.05) is 44.2 Å². The van der Waals surface area contributed by atoms with Gasteiger partial charge in [-0.25, -0.2) is 4.39 Å². The summed E-state index contributed by atoms with van der Waals surface area (Å²) in [5.41, 5.74) is 2.65. The van der Waals surface area contributed by atoms with E-state index in [2.05, 4.69) is 0 Å². The lowest BCUT2D eigenvalue weighted by Crippen LogP contribution is -2.06. The standard InChI is InChI=1S/C19H15FO/c1-12-7-10-18(20)17(11-12)19(21)16-9-8-13(2)14-5-3-4-6-15(14)16/h3-11H,1-2H3. The maximum Gasteiger partial charge on any atom is 0.196 e. The van der Waals surface area contributed by atoms with Crippen LogP contribution in [0.4, 0.5) is 4.39 Å². The molecule has 0 spiro atoms. The Kier molecular flexibility index (Phi) is 3.30. The third-order valence-corrected chi connectivity index (χ3v) is 3.75. The molecule has 0 unspecified atom stereocenters. The number of aryl methyl sites for hydroxylation is 2. The van der Waals surface area contributed by atoms with E-state index in [1.54, 1.807) is 18.2 Å². The van der Waals surface area contributed by atoms with Gasteiger partial charge < -0.3 is 0 Å². The van der Waals surface area contributed by atoms with Crippen molar-refractivity contribution < 1.29 is 9.18 Å². The number of rotatable bonds is 2. The molecule has 0 aliphatic heterocycles. The molecule has 0 radical (unpaired) electrons. The van der Waals surface area contributed by atoms with Gasteiger partial charge in [-0.05, 0) is 42.3 Å². The quantitative estimate of drug-likeness (QED) is 0.614.